The van der Waals surface area contributed by atoms with Crippen molar-refractivity contribution in [2.75, 3.05) is 11.9 Å². The van der Waals surface area contributed by atoms with Crippen molar-refractivity contribution in [3.8, 4) is 0 Å². The average Bonchev–Trinajstić information content (AvgIpc) is 2.80. The summed E-state index contributed by atoms with van der Waals surface area (Å²) in [7, 11) is 0. The molecule has 1 amide bonds. The zero-order valence-corrected chi connectivity index (χ0v) is 12.1. The largest absolute Gasteiger partial charge is 0.343 e. The maximum Gasteiger partial charge on any atom is 0.343 e. The fraction of sp³-hybridized carbons (Fsp3) is 0.400. The quantitative estimate of drug-likeness (QED) is 0.795. The van der Waals surface area contributed by atoms with Crippen LogP contribution in [0.15, 0.2) is 29.1 Å². The van der Waals surface area contributed by atoms with Gasteiger partial charge in [0.15, 0.2) is 0 Å². The Kier molecular flexibility index (Phi) is 3.07. The molecule has 4 rings (SSSR count). The first-order valence-electron chi connectivity index (χ1n) is 7.49. The first kappa shape index (κ1) is 13.3. The van der Waals surface area contributed by atoms with Crippen LogP contribution in [-0.4, -0.2) is 38.2 Å². The molecule has 2 aromatic rings. The van der Waals surface area contributed by atoms with Crippen LogP contribution in [0.25, 0.3) is 0 Å². The van der Waals surface area contributed by atoms with Crippen LogP contribution in [0, 0.1) is 0 Å². The predicted octanol–water partition coefficient (Wildman–Crippen LogP) is 0.340. The second-order valence-electron chi connectivity index (χ2n) is 5.77. The van der Waals surface area contributed by atoms with E-state index in [2.05, 4.69) is 26.5 Å². The Balaban J connectivity index is 1.57. The fourth-order valence-electron chi connectivity index (χ4n) is 3.30. The number of fused-ring (bicyclic) bond motifs is 2. The molecular weight excluding hydrogens is 282 g/mol. The van der Waals surface area contributed by atoms with Crippen LogP contribution in [-0.2, 0) is 24.3 Å². The van der Waals surface area contributed by atoms with E-state index in [-0.39, 0.29) is 17.6 Å². The number of H-pyrrole nitrogens is 1. The molecule has 0 fully saturated rings. The lowest BCUT2D eigenvalue weighted by atomic mass is 10.0. The second kappa shape index (κ2) is 5.10. The van der Waals surface area contributed by atoms with E-state index in [1.54, 1.807) is 4.57 Å². The molecule has 2 aliphatic rings. The minimum atomic E-state index is -0.187. The summed E-state index contributed by atoms with van der Waals surface area (Å²) in [5.74, 6) is 0.724. The number of nitrogens with one attached hydrogen (secondary N) is 2. The molecule has 0 aliphatic carbocycles. The second-order valence-corrected chi connectivity index (χ2v) is 5.77. The first-order valence-corrected chi connectivity index (χ1v) is 7.49. The molecule has 1 aromatic heterocycles. The molecule has 2 aliphatic heterocycles. The monoisotopic (exact) mass is 299 g/mol. The molecule has 7 heteroatoms. The zero-order valence-electron chi connectivity index (χ0n) is 12.1. The number of amides is 1. The summed E-state index contributed by atoms with van der Waals surface area (Å²) in [6, 6.07) is 7.74. The predicted molar refractivity (Wildman–Crippen MR) is 80.4 cm³/mol. The highest BCUT2D eigenvalue weighted by Gasteiger charge is 2.32. The van der Waals surface area contributed by atoms with Crippen LogP contribution >= 0.6 is 0 Å². The van der Waals surface area contributed by atoms with Crippen molar-refractivity contribution in [3.05, 3.63) is 46.1 Å². The topological polar surface area (TPSA) is 83.0 Å². The lowest BCUT2D eigenvalue weighted by molar-refractivity contribution is -0.122. The summed E-state index contributed by atoms with van der Waals surface area (Å²) in [6.07, 6.45) is 1.64. The van der Waals surface area contributed by atoms with Gasteiger partial charge >= 0.3 is 5.69 Å². The third-order valence-corrected chi connectivity index (χ3v) is 4.50. The van der Waals surface area contributed by atoms with E-state index in [1.807, 2.05) is 18.2 Å². The highest BCUT2D eigenvalue weighted by Crippen LogP contribution is 2.25. The molecule has 0 saturated heterocycles. The van der Waals surface area contributed by atoms with Gasteiger partial charge in [-0.2, -0.15) is 5.10 Å². The first-order chi connectivity index (χ1) is 10.7. The van der Waals surface area contributed by atoms with Crippen molar-refractivity contribution in [1.29, 1.82) is 0 Å². The number of carbonyl (C=O) groups is 1. The number of carbonyl (C=O) groups excluding carboxylic acids is 1. The number of benzene rings is 1. The van der Waals surface area contributed by atoms with Crippen molar-refractivity contribution in [2.45, 2.75) is 32.0 Å². The van der Waals surface area contributed by atoms with Crippen molar-refractivity contribution >= 4 is 11.6 Å². The Morgan fingerprint density at radius 3 is 2.95 bits per heavy atom. The van der Waals surface area contributed by atoms with Gasteiger partial charge in [0.1, 0.15) is 5.82 Å². The minimum Gasteiger partial charge on any atom is -0.324 e. The molecule has 3 heterocycles. The van der Waals surface area contributed by atoms with E-state index < -0.39 is 0 Å². The van der Waals surface area contributed by atoms with Crippen LogP contribution in [0.2, 0.25) is 0 Å². The fourth-order valence-corrected chi connectivity index (χ4v) is 3.30. The number of hydrogen-bond donors (Lipinski definition) is 2. The van der Waals surface area contributed by atoms with E-state index in [9.17, 15) is 9.59 Å². The van der Waals surface area contributed by atoms with Crippen LogP contribution in [0.3, 0.4) is 0 Å². The molecule has 0 saturated carbocycles. The number of para-hydroxylation sites is 1. The summed E-state index contributed by atoms with van der Waals surface area (Å²) in [4.78, 5) is 26.2. The third kappa shape index (κ3) is 2.14. The lowest BCUT2D eigenvalue weighted by Crippen LogP contribution is -2.48. The molecular formula is C15H17N5O2. The Labute approximate surface area is 126 Å². The standard InChI is InChI=1S/C15H17N5O2/c21-14-12(6-5-10-3-1-2-4-11(10)16-14)19-7-8-20-13(9-19)17-18-15(20)22/h1-4,12H,5-9H2,(H,16,21)(H,18,22). The van der Waals surface area contributed by atoms with Crippen LogP contribution < -0.4 is 11.0 Å². The number of anilines is 1. The number of hydrogen-bond acceptors (Lipinski definition) is 4. The van der Waals surface area contributed by atoms with Gasteiger partial charge in [-0.15, -0.1) is 0 Å². The van der Waals surface area contributed by atoms with Gasteiger partial charge in [0, 0.05) is 18.8 Å². The smallest absolute Gasteiger partial charge is 0.324 e. The molecule has 7 nitrogen and oxygen atoms in total. The van der Waals surface area contributed by atoms with Crippen molar-refractivity contribution in [1.82, 2.24) is 19.7 Å². The Bertz CT molecular complexity index is 778. The molecule has 1 aromatic carbocycles. The van der Waals surface area contributed by atoms with E-state index in [1.165, 1.54) is 5.56 Å². The third-order valence-electron chi connectivity index (χ3n) is 4.50. The molecule has 114 valence electrons. The van der Waals surface area contributed by atoms with Gasteiger partial charge in [-0.3, -0.25) is 14.3 Å². The van der Waals surface area contributed by atoms with E-state index in [0.717, 1.165) is 18.5 Å². The Morgan fingerprint density at radius 2 is 2.05 bits per heavy atom. The summed E-state index contributed by atoms with van der Waals surface area (Å²) >= 11 is 0. The van der Waals surface area contributed by atoms with E-state index in [4.69, 9.17) is 0 Å². The number of aromatic nitrogens is 3. The maximum atomic E-state index is 12.5. The number of aromatic amines is 1. The molecule has 0 bridgehead atoms. The van der Waals surface area contributed by atoms with Gasteiger partial charge in [0.25, 0.3) is 0 Å². The van der Waals surface area contributed by atoms with Crippen LogP contribution in [0.1, 0.15) is 17.8 Å². The molecule has 0 radical (unpaired) electrons. The molecule has 0 spiro atoms. The molecule has 1 unspecified atom stereocenters. The van der Waals surface area contributed by atoms with Gasteiger partial charge in [0.05, 0.1) is 12.6 Å². The summed E-state index contributed by atoms with van der Waals surface area (Å²) in [5.41, 5.74) is 1.91. The van der Waals surface area contributed by atoms with E-state index in [0.29, 0.717) is 25.5 Å². The molecule has 22 heavy (non-hydrogen) atoms. The number of aryl methyl sites for hydroxylation is 1. The van der Waals surface area contributed by atoms with E-state index >= 15 is 0 Å². The van der Waals surface area contributed by atoms with Crippen LogP contribution in [0.4, 0.5) is 5.69 Å². The summed E-state index contributed by atoms with van der Waals surface area (Å²) < 4.78 is 1.64. The Hall–Kier alpha value is -2.41. The van der Waals surface area contributed by atoms with Crippen LogP contribution in [0.5, 0.6) is 0 Å². The average molecular weight is 299 g/mol. The normalized spacial score (nSPS) is 21.6. The SMILES string of the molecule is O=C1Nc2ccccc2CCC1N1CCn2c(n[nH]c2=O)C1. The van der Waals surface area contributed by atoms with Gasteiger partial charge in [-0.05, 0) is 24.5 Å². The van der Waals surface area contributed by atoms with Gasteiger partial charge in [-0.1, -0.05) is 18.2 Å². The highest BCUT2D eigenvalue weighted by molar-refractivity contribution is 5.96. The highest BCUT2D eigenvalue weighted by atomic mass is 16.2. The zero-order chi connectivity index (χ0) is 15.1. The van der Waals surface area contributed by atoms with Crippen molar-refractivity contribution in [2.24, 2.45) is 0 Å². The van der Waals surface area contributed by atoms with Gasteiger partial charge in [0.2, 0.25) is 5.91 Å². The lowest BCUT2D eigenvalue weighted by Gasteiger charge is -2.32. The maximum absolute atomic E-state index is 12.5. The summed E-state index contributed by atoms with van der Waals surface area (Å²) in [5, 5.41) is 9.53. The van der Waals surface area contributed by atoms with Crippen molar-refractivity contribution < 1.29 is 4.79 Å². The van der Waals surface area contributed by atoms with Gasteiger partial charge < -0.3 is 5.32 Å². The molecule has 2 N–H and O–H groups in total. The Morgan fingerprint density at radius 1 is 1.18 bits per heavy atom. The van der Waals surface area contributed by atoms with Crippen molar-refractivity contribution in [3.63, 3.8) is 0 Å². The van der Waals surface area contributed by atoms with Gasteiger partial charge in [-0.25, -0.2) is 9.89 Å². The molecule has 1 atom stereocenters. The number of nitrogens with zero attached hydrogens (tertiary/aromatic N) is 3. The minimum absolute atomic E-state index is 0.0243. The number of rotatable bonds is 1. The summed E-state index contributed by atoms with van der Waals surface area (Å²) in [6.45, 7) is 1.77.